The van der Waals surface area contributed by atoms with E-state index in [1.54, 1.807) is 12.4 Å². The van der Waals surface area contributed by atoms with Gasteiger partial charge in [-0.1, -0.05) is 0 Å². The van der Waals surface area contributed by atoms with Crippen LogP contribution in [0.4, 0.5) is 0 Å². The van der Waals surface area contributed by atoms with Crippen LogP contribution in [-0.4, -0.2) is 72.6 Å². The Morgan fingerprint density at radius 3 is 1.57 bits per heavy atom. The van der Waals surface area contributed by atoms with E-state index in [4.69, 9.17) is 18.9 Å². The minimum absolute atomic E-state index is 0.592. The summed E-state index contributed by atoms with van der Waals surface area (Å²) in [5, 5.41) is 1.87. The van der Waals surface area contributed by atoms with Gasteiger partial charge in [-0.3, -0.25) is 9.97 Å². The van der Waals surface area contributed by atoms with Crippen LogP contribution in [0.5, 0.6) is 11.5 Å². The summed E-state index contributed by atoms with van der Waals surface area (Å²) in [5.41, 5.74) is 1.68. The number of rotatable bonds is 0. The number of benzene rings is 1. The van der Waals surface area contributed by atoms with Crippen molar-refractivity contribution in [1.82, 2.24) is 9.97 Å². The zero-order chi connectivity index (χ0) is 20.4. The number of hydrogen-bond acceptors (Lipinski definition) is 8. The molecule has 1 aliphatic heterocycles. The average Bonchev–Trinajstić information content (AvgIpc) is 2.79. The van der Waals surface area contributed by atoms with Crippen LogP contribution in [0.15, 0.2) is 36.7 Å². The maximum atomic E-state index is 6.27. The molecule has 0 N–H and O–H groups in total. The van der Waals surface area contributed by atoms with Crippen molar-refractivity contribution in [1.29, 1.82) is 0 Å². The number of hydrogen-bond donors (Lipinski definition) is 0. The Labute approximate surface area is 185 Å². The molecule has 0 radical (unpaired) electrons. The molecule has 3 aromatic rings. The molecular formula is C22H26N2O4S2. The molecule has 0 atom stereocenters. The molecule has 0 fully saturated rings. The van der Waals surface area contributed by atoms with Gasteiger partial charge in [0.25, 0.3) is 0 Å². The molecule has 0 saturated carbocycles. The number of fused-ring (bicyclic) bond motifs is 6. The lowest BCUT2D eigenvalue weighted by molar-refractivity contribution is 0.0605. The van der Waals surface area contributed by atoms with Crippen molar-refractivity contribution in [2.75, 3.05) is 62.7 Å². The Balaban J connectivity index is 1.62. The highest BCUT2D eigenvalue weighted by molar-refractivity contribution is 7.99. The highest BCUT2D eigenvalue weighted by Crippen LogP contribution is 2.42. The summed E-state index contributed by atoms with van der Waals surface area (Å²) < 4.78 is 23.8. The van der Waals surface area contributed by atoms with Gasteiger partial charge in [-0.15, -0.1) is 0 Å². The SMILES string of the molecule is c1cnc2c(c1)c1c(c3cccnc32)OCCSCCOCCOCCSCCO1. The predicted octanol–water partition coefficient (Wildman–Crippen LogP) is 4.05. The smallest absolute Gasteiger partial charge is 0.171 e. The third kappa shape index (κ3) is 5.49. The monoisotopic (exact) mass is 446 g/mol. The third-order valence-electron chi connectivity index (χ3n) is 4.60. The maximum Gasteiger partial charge on any atom is 0.171 e. The first kappa shape index (κ1) is 21.5. The number of thioether (sulfide) groups is 2. The first-order valence-electron chi connectivity index (χ1n) is 10.2. The Bertz CT molecular complexity index is 880. The van der Waals surface area contributed by atoms with Crippen LogP contribution < -0.4 is 9.47 Å². The topological polar surface area (TPSA) is 62.7 Å². The average molecular weight is 447 g/mol. The molecule has 4 rings (SSSR count). The lowest BCUT2D eigenvalue weighted by Crippen LogP contribution is -2.11. The molecule has 2 aromatic heterocycles. The van der Waals surface area contributed by atoms with E-state index in [2.05, 4.69) is 9.97 Å². The van der Waals surface area contributed by atoms with Crippen LogP contribution in [0.3, 0.4) is 0 Å². The fourth-order valence-electron chi connectivity index (χ4n) is 3.25. The fraction of sp³-hybridized carbons (Fsp3) is 0.455. The molecule has 1 aliphatic rings. The van der Waals surface area contributed by atoms with Gasteiger partial charge in [0.2, 0.25) is 0 Å². The van der Waals surface area contributed by atoms with Gasteiger partial charge < -0.3 is 18.9 Å². The summed E-state index contributed by atoms with van der Waals surface area (Å²) >= 11 is 3.63. The van der Waals surface area contributed by atoms with Gasteiger partial charge in [-0.05, 0) is 24.3 Å². The second kappa shape index (κ2) is 11.6. The lowest BCUT2D eigenvalue weighted by Gasteiger charge is -2.18. The predicted molar refractivity (Wildman–Crippen MR) is 124 cm³/mol. The van der Waals surface area contributed by atoms with Gasteiger partial charge in [-0.25, -0.2) is 0 Å². The Morgan fingerprint density at radius 2 is 1.07 bits per heavy atom. The summed E-state index contributed by atoms with van der Waals surface area (Å²) in [4.78, 5) is 9.16. The van der Waals surface area contributed by atoms with Gasteiger partial charge in [-0.2, -0.15) is 23.5 Å². The molecule has 160 valence electrons. The van der Waals surface area contributed by atoms with Crippen LogP contribution in [-0.2, 0) is 9.47 Å². The van der Waals surface area contributed by atoms with Gasteiger partial charge in [0.15, 0.2) is 11.5 Å². The van der Waals surface area contributed by atoms with Crippen molar-refractivity contribution < 1.29 is 18.9 Å². The van der Waals surface area contributed by atoms with Gasteiger partial charge in [0.05, 0.1) is 39.6 Å². The third-order valence-corrected chi connectivity index (χ3v) is 6.42. The van der Waals surface area contributed by atoms with Crippen molar-refractivity contribution in [3.8, 4) is 11.5 Å². The highest BCUT2D eigenvalue weighted by Gasteiger charge is 2.18. The molecule has 30 heavy (non-hydrogen) atoms. The molecule has 0 bridgehead atoms. The molecule has 0 amide bonds. The van der Waals surface area contributed by atoms with E-state index < -0.39 is 0 Å². The van der Waals surface area contributed by atoms with Crippen molar-refractivity contribution in [3.63, 3.8) is 0 Å². The summed E-state index contributed by atoms with van der Waals surface area (Å²) in [6.45, 7) is 3.94. The molecule has 8 heteroatoms. The molecule has 0 spiro atoms. The van der Waals surface area contributed by atoms with Crippen LogP contribution in [0.25, 0.3) is 21.8 Å². The van der Waals surface area contributed by atoms with Gasteiger partial charge in [0, 0.05) is 46.2 Å². The van der Waals surface area contributed by atoms with Crippen molar-refractivity contribution in [2.45, 2.75) is 0 Å². The van der Waals surface area contributed by atoms with Gasteiger partial charge >= 0.3 is 0 Å². The van der Waals surface area contributed by atoms with Crippen LogP contribution in [0.1, 0.15) is 0 Å². The molecule has 1 aromatic carbocycles. The second-order valence-electron chi connectivity index (χ2n) is 6.60. The Hall–Kier alpha value is -1.74. The highest BCUT2D eigenvalue weighted by atomic mass is 32.2. The van der Waals surface area contributed by atoms with E-state index in [0.717, 1.165) is 69.5 Å². The van der Waals surface area contributed by atoms with Gasteiger partial charge in [0.1, 0.15) is 11.0 Å². The largest absolute Gasteiger partial charge is 0.488 e. The molecule has 3 heterocycles. The molecule has 0 aliphatic carbocycles. The zero-order valence-corrected chi connectivity index (χ0v) is 18.5. The minimum Gasteiger partial charge on any atom is -0.488 e. The van der Waals surface area contributed by atoms with E-state index >= 15 is 0 Å². The summed E-state index contributed by atoms with van der Waals surface area (Å²) in [6.07, 6.45) is 3.58. The van der Waals surface area contributed by atoms with Crippen LogP contribution >= 0.6 is 23.5 Å². The lowest BCUT2D eigenvalue weighted by atomic mass is 10.1. The minimum atomic E-state index is 0.592. The van der Waals surface area contributed by atoms with E-state index in [1.807, 2.05) is 47.8 Å². The Kier molecular flexibility index (Phi) is 8.31. The van der Waals surface area contributed by atoms with Crippen LogP contribution in [0.2, 0.25) is 0 Å². The number of nitrogens with zero attached hydrogens (tertiary/aromatic N) is 2. The molecular weight excluding hydrogens is 420 g/mol. The maximum absolute atomic E-state index is 6.27. The normalized spacial score (nSPS) is 18.0. The van der Waals surface area contributed by atoms with E-state index in [1.165, 1.54) is 0 Å². The van der Waals surface area contributed by atoms with Crippen molar-refractivity contribution in [2.24, 2.45) is 0 Å². The van der Waals surface area contributed by atoms with Crippen LogP contribution in [0, 0.1) is 0 Å². The quantitative estimate of drug-likeness (QED) is 0.479. The molecule has 0 saturated heterocycles. The summed E-state index contributed by atoms with van der Waals surface area (Å²) in [7, 11) is 0. The molecule has 0 unspecified atom stereocenters. The first-order valence-corrected chi connectivity index (χ1v) is 12.5. The second-order valence-corrected chi connectivity index (χ2v) is 9.05. The van der Waals surface area contributed by atoms with E-state index in [0.29, 0.717) is 26.4 Å². The number of aromatic nitrogens is 2. The fourth-order valence-corrected chi connectivity index (χ4v) is 4.53. The first-order chi connectivity index (χ1) is 14.9. The van der Waals surface area contributed by atoms with Crippen molar-refractivity contribution in [3.05, 3.63) is 36.7 Å². The number of ether oxygens (including phenoxy) is 4. The van der Waals surface area contributed by atoms with Crippen molar-refractivity contribution >= 4 is 45.3 Å². The van der Waals surface area contributed by atoms with E-state index in [9.17, 15) is 0 Å². The summed E-state index contributed by atoms with van der Waals surface area (Å²) in [5.74, 6) is 5.14. The van der Waals surface area contributed by atoms with E-state index in [-0.39, 0.29) is 0 Å². The standard InChI is InChI=1S/C22H26N2O4S2/c1-3-17-19(23-5-1)20-18(4-2-6-24-20)22-21(17)27-11-15-29-13-9-25-7-8-26-10-14-30-16-12-28-22/h1-6H,7-16H2. The zero-order valence-electron chi connectivity index (χ0n) is 16.9. The number of pyridine rings is 2. The Morgan fingerprint density at radius 1 is 0.600 bits per heavy atom. The summed E-state index contributed by atoms with van der Waals surface area (Å²) in [6, 6.07) is 7.90. The molecule has 6 nitrogen and oxygen atoms in total.